The van der Waals surface area contributed by atoms with E-state index in [9.17, 15) is 4.79 Å². The summed E-state index contributed by atoms with van der Waals surface area (Å²) in [6.45, 7) is 2.21. The van der Waals surface area contributed by atoms with Gasteiger partial charge in [0.05, 0.1) is 13.2 Å². The standard InChI is InChI=1S/C5H9NO2/c7-5-3-6-1-2-8-4-5/h6H,1-4H2. The summed E-state index contributed by atoms with van der Waals surface area (Å²) in [6, 6.07) is 0. The van der Waals surface area contributed by atoms with Crippen molar-refractivity contribution >= 4 is 5.78 Å². The van der Waals surface area contributed by atoms with E-state index in [1.54, 1.807) is 0 Å². The molecule has 1 saturated heterocycles. The van der Waals surface area contributed by atoms with Gasteiger partial charge in [0.25, 0.3) is 0 Å². The van der Waals surface area contributed by atoms with Gasteiger partial charge in [-0.2, -0.15) is 0 Å². The maximum Gasteiger partial charge on any atom is 0.172 e. The summed E-state index contributed by atoms with van der Waals surface area (Å²) in [5, 5.41) is 2.92. The minimum Gasteiger partial charge on any atom is -0.372 e. The van der Waals surface area contributed by atoms with Gasteiger partial charge < -0.3 is 10.1 Å². The van der Waals surface area contributed by atoms with Crippen molar-refractivity contribution in [1.29, 1.82) is 0 Å². The highest BCUT2D eigenvalue weighted by atomic mass is 16.5. The Morgan fingerprint density at radius 3 is 3.38 bits per heavy atom. The topological polar surface area (TPSA) is 38.3 Å². The molecule has 1 rings (SSSR count). The summed E-state index contributed by atoms with van der Waals surface area (Å²) in [7, 11) is 0. The third kappa shape index (κ3) is 1.60. The summed E-state index contributed by atoms with van der Waals surface area (Å²) in [6.07, 6.45) is 0. The molecule has 1 N–H and O–H groups in total. The zero-order chi connectivity index (χ0) is 5.82. The number of carbonyl (C=O) groups excluding carboxylic acids is 1. The third-order valence-electron chi connectivity index (χ3n) is 1.01. The summed E-state index contributed by atoms with van der Waals surface area (Å²) in [4.78, 5) is 10.5. The van der Waals surface area contributed by atoms with E-state index in [4.69, 9.17) is 4.74 Å². The van der Waals surface area contributed by atoms with Crippen LogP contribution in [0.25, 0.3) is 0 Å². The van der Waals surface area contributed by atoms with Crippen LogP contribution in [0.3, 0.4) is 0 Å². The highest BCUT2D eigenvalue weighted by molar-refractivity contribution is 5.81. The first-order valence-electron chi connectivity index (χ1n) is 2.70. The molecular weight excluding hydrogens is 106 g/mol. The Labute approximate surface area is 48.0 Å². The average Bonchev–Trinajstić information content (AvgIpc) is 1.94. The molecule has 8 heavy (non-hydrogen) atoms. The molecular formula is C5H9NO2. The van der Waals surface area contributed by atoms with Gasteiger partial charge in [0, 0.05) is 6.54 Å². The van der Waals surface area contributed by atoms with Crippen molar-refractivity contribution in [3.63, 3.8) is 0 Å². The van der Waals surface area contributed by atoms with Gasteiger partial charge in [-0.25, -0.2) is 0 Å². The molecule has 1 aliphatic rings. The highest BCUT2D eigenvalue weighted by Gasteiger charge is 2.04. The average molecular weight is 115 g/mol. The number of ketones is 1. The summed E-state index contributed by atoms with van der Waals surface area (Å²) in [5.74, 6) is 0.141. The van der Waals surface area contributed by atoms with E-state index in [2.05, 4.69) is 5.32 Å². The molecule has 0 unspecified atom stereocenters. The molecule has 0 amide bonds. The Morgan fingerprint density at radius 2 is 2.50 bits per heavy atom. The second-order valence-corrected chi connectivity index (χ2v) is 1.77. The number of carbonyl (C=O) groups is 1. The first-order chi connectivity index (χ1) is 3.89. The van der Waals surface area contributed by atoms with Crippen LogP contribution in [-0.4, -0.2) is 32.1 Å². The first kappa shape index (κ1) is 5.72. The quantitative estimate of drug-likeness (QED) is 0.448. The van der Waals surface area contributed by atoms with Crippen molar-refractivity contribution in [3.05, 3.63) is 0 Å². The van der Waals surface area contributed by atoms with Crippen LogP contribution in [0.4, 0.5) is 0 Å². The third-order valence-corrected chi connectivity index (χ3v) is 1.01. The van der Waals surface area contributed by atoms with E-state index in [1.807, 2.05) is 0 Å². The molecule has 0 aromatic rings. The normalized spacial score (nSPS) is 22.8. The summed E-state index contributed by atoms with van der Waals surface area (Å²) in [5.41, 5.74) is 0. The van der Waals surface area contributed by atoms with E-state index >= 15 is 0 Å². The maximum absolute atomic E-state index is 10.5. The van der Waals surface area contributed by atoms with Crippen LogP contribution in [0, 0.1) is 0 Å². The second kappa shape index (κ2) is 2.79. The zero-order valence-corrected chi connectivity index (χ0v) is 4.64. The molecule has 46 valence electrons. The molecule has 1 fully saturated rings. The van der Waals surface area contributed by atoms with Crippen LogP contribution in [0.2, 0.25) is 0 Å². The Balaban J connectivity index is 2.27. The first-order valence-corrected chi connectivity index (χ1v) is 2.70. The van der Waals surface area contributed by atoms with Crippen molar-refractivity contribution in [2.45, 2.75) is 0 Å². The van der Waals surface area contributed by atoms with E-state index in [-0.39, 0.29) is 12.4 Å². The van der Waals surface area contributed by atoms with Crippen molar-refractivity contribution in [2.75, 3.05) is 26.3 Å². The predicted molar refractivity (Wildman–Crippen MR) is 28.7 cm³/mol. The van der Waals surface area contributed by atoms with Crippen molar-refractivity contribution in [1.82, 2.24) is 5.32 Å². The van der Waals surface area contributed by atoms with Gasteiger partial charge >= 0.3 is 0 Å². The molecule has 1 heterocycles. The molecule has 0 aliphatic carbocycles. The molecule has 3 nitrogen and oxygen atoms in total. The highest BCUT2D eigenvalue weighted by Crippen LogP contribution is 1.80. The lowest BCUT2D eigenvalue weighted by molar-refractivity contribution is -0.121. The smallest absolute Gasteiger partial charge is 0.172 e. The van der Waals surface area contributed by atoms with Crippen LogP contribution in [0.15, 0.2) is 0 Å². The van der Waals surface area contributed by atoms with E-state index in [0.29, 0.717) is 13.2 Å². The van der Waals surface area contributed by atoms with Gasteiger partial charge in [-0.15, -0.1) is 0 Å². The second-order valence-electron chi connectivity index (χ2n) is 1.77. The minimum absolute atomic E-state index is 0.141. The minimum atomic E-state index is 0.141. The Kier molecular flexibility index (Phi) is 2.00. The lowest BCUT2D eigenvalue weighted by Gasteiger charge is -1.90. The lowest BCUT2D eigenvalue weighted by Crippen LogP contribution is -2.22. The van der Waals surface area contributed by atoms with Gasteiger partial charge in [-0.05, 0) is 0 Å². The van der Waals surface area contributed by atoms with Gasteiger partial charge in [0.1, 0.15) is 6.61 Å². The van der Waals surface area contributed by atoms with Gasteiger partial charge in [-0.1, -0.05) is 0 Å². The molecule has 0 atom stereocenters. The largest absolute Gasteiger partial charge is 0.372 e. The molecule has 0 aromatic carbocycles. The number of Topliss-reactive ketones (excluding diaryl/α,β-unsaturated/α-hetero) is 1. The van der Waals surface area contributed by atoms with Crippen LogP contribution in [0.5, 0.6) is 0 Å². The van der Waals surface area contributed by atoms with Crippen molar-refractivity contribution in [2.24, 2.45) is 0 Å². The Bertz CT molecular complexity index is 82.4. The van der Waals surface area contributed by atoms with Gasteiger partial charge in [-0.3, -0.25) is 4.79 Å². The molecule has 0 spiro atoms. The fraction of sp³-hybridized carbons (Fsp3) is 0.800. The fourth-order valence-electron chi connectivity index (χ4n) is 0.609. The van der Waals surface area contributed by atoms with Crippen LogP contribution >= 0.6 is 0 Å². The number of rotatable bonds is 0. The molecule has 0 radical (unpaired) electrons. The SMILES string of the molecule is O=C1CNCCOC1. The van der Waals surface area contributed by atoms with Crippen molar-refractivity contribution < 1.29 is 9.53 Å². The zero-order valence-electron chi connectivity index (χ0n) is 4.64. The predicted octanol–water partition coefficient (Wildman–Crippen LogP) is -0.825. The van der Waals surface area contributed by atoms with Crippen molar-refractivity contribution in [3.8, 4) is 0 Å². The summed E-state index contributed by atoms with van der Waals surface area (Å²) < 4.78 is 4.89. The lowest BCUT2D eigenvalue weighted by atomic mass is 10.4. The van der Waals surface area contributed by atoms with E-state index in [0.717, 1.165) is 6.54 Å². The fourth-order valence-corrected chi connectivity index (χ4v) is 0.609. The molecule has 0 bridgehead atoms. The van der Waals surface area contributed by atoms with Gasteiger partial charge in [0.2, 0.25) is 0 Å². The monoisotopic (exact) mass is 115 g/mol. The van der Waals surface area contributed by atoms with Crippen LogP contribution in [0.1, 0.15) is 0 Å². The molecule has 3 heteroatoms. The Morgan fingerprint density at radius 1 is 1.62 bits per heavy atom. The van der Waals surface area contributed by atoms with Crippen LogP contribution < -0.4 is 5.32 Å². The summed E-state index contributed by atoms with van der Waals surface area (Å²) >= 11 is 0. The number of nitrogens with one attached hydrogen (secondary N) is 1. The van der Waals surface area contributed by atoms with E-state index < -0.39 is 0 Å². The number of hydrogen-bond donors (Lipinski definition) is 1. The van der Waals surface area contributed by atoms with E-state index in [1.165, 1.54) is 0 Å². The number of hydrogen-bond acceptors (Lipinski definition) is 3. The van der Waals surface area contributed by atoms with Crippen LogP contribution in [-0.2, 0) is 9.53 Å². The Hall–Kier alpha value is -0.410. The number of ether oxygens (including phenoxy) is 1. The maximum atomic E-state index is 10.5. The van der Waals surface area contributed by atoms with Gasteiger partial charge in [0.15, 0.2) is 5.78 Å². The molecule has 0 saturated carbocycles. The molecule has 0 aromatic heterocycles. The molecule has 1 aliphatic heterocycles.